The number of aryl methyl sites for hydroxylation is 1. The maximum atomic E-state index is 14.3. The molecule has 150 valence electrons. The molecule has 29 heavy (non-hydrogen) atoms. The first kappa shape index (κ1) is 20.3. The molecule has 0 saturated carbocycles. The largest absolute Gasteiger partial charge is 0.495 e. The van der Waals surface area contributed by atoms with Gasteiger partial charge in [-0.05, 0) is 47.9 Å². The number of carboxylic acids is 1. The molecule has 0 fully saturated rings. The fourth-order valence-electron chi connectivity index (χ4n) is 2.94. The lowest BCUT2D eigenvalue weighted by atomic mass is 10.1. The predicted molar refractivity (Wildman–Crippen MR) is 107 cm³/mol. The monoisotopic (exact) mass is 415 g/mol. The zero-order valence-corrected chi connectivity index (χ0v) is 16.5. The van der Waals surface area contributed by atoms with Crippen LogP contribution in [0.4, 0.5) is 10.1 Å². The first-order valence-electron chi connectivity index (χ1n) is 8.52. The van der Waals surface area contributed by atoms with E-state index in [2.05, 4.69) is 4.72 Å². The number of hydrogen-bond donors (Lipinski definition) is 2. The molecule has 0 aliphatic heterocycles. The molecule has 0 atom stereocenters. The molecule has 0 heterocycles. The van der Waals surface area contributed by atoms with Crippen LogP contribution in [0.1, 0.15) is 15.9 Å². The lowest BCUT2D eigenvalue weighted by Gasteiger charge is -2.15. The van der Waals surface area contributed by atoms with Crippen molar-refractivity contribution in [2.75, 3.05) is 11.8 Å². The molecular weight excluding hydrogens is 397 g/mol. The van der Waals surface area contributed by atoms with Crippen molar-refractivity contribution in [3.05, 3.63) is 77.6 Å². The average Bonchev–Trinajstić information content (AvgIpc) is 2.69. The number of halogens is 1. The molecule has 0 spiro atoms. The second-order valence-corrected chi connectivity index (χ2v) is 7.95. The van der Waals surface area contributed by atoms with Crippen LogP contribution in [0.2, 0.25) is 0 Å². The summed E-state index contributed by atoms with van der Waals surface area (Å²) >= 11 is 0. The molecule has 0 aliphatic carbocycles. The number of carboxylic acid groups (broad SMARTS) is 1. The fourth-order valence-corrected chi connectivity index (χ4v) is 4.27. The van der Waals surface area contributed by atoms with Crippen LogP contribution >= 0.6 is 0 Å². The highest BCUT2D eigenvalue weighted by Crippen LogP contribution is 2.32. The molecule has 0 radical (unpaired) electrons. The molecule has 0 bridgehead atoms. The van der Waals surface area contributed by atoms with Crippen LogP contribution in [0.5, 0.6) is 5.75 Å². The van der Waals surface area contributed by atoms with Crippen LogP contribution in [-0.2, 0) is 10.0 Å². The SMILES string of the molecule is COc1c(C)cc(C(=O)O)cc1S(=O)(=O)Nc1cc(-c2ccccc2)ccc1F. The molecule has 6 nitrogen and oxygen atoms in total. The van der Waals surface area contributed by atoms with E-state index in [1.807, 2.05) is 30.3 Å². The van der Waals surface area contributed by atoms with Gasteiger partial charge in [-0.15, -0.1) is 0 Å². The molecule has 0 aromatic heterocycles. The second-order valence-electron chi connectivity index (χ2n) is 6.30. The molecular formula is C21H18FNO5S. The molecule has 0 amide bonds. The van der Waals surface area contributed by atoms with Gasteiger partial charge < -0.3 is 9.84 Å². The van der Waals surface area contributed by atoms with Crippen molar-refractivity contribution in [3.63, 3.8) is 0 Å². The minimum atomic E-state index is -4.33. The van der Waals surface area contributed by atoms with Crippen LogP contribution in [0, 0.1) is 12.7 Å². The van der Waals surface area contributed by atoms with E-state index in [-0.39, 0.29) is 21.9 Å². The van der Waals surface area contributed by atoms with Crippen LogP contribution < -0.4 is 9.46 Å². The number of anilines is 1. The average molecular weight is 415 g/mol. The van der Waals surface area contributed by atoms with E-state index >= 15 is 0 Å². The Morgan fingerprint density at radius 1 is 1.03 bits per heavy atom. The van der Waals surface area contributed by atoms with Crippen molar-refractivity contribution in [1.82, 2.24) is 0 Å². The number of carbonyl (C=O) groups is 1. The standard InChI is InChI=1S/C21H18FNO5S/c1-13-10-16(21(24)25)12-19(20(13)28-2)29(26,27)23-18-11-15(8-9-17(18)22)14-6-4-3-5-7-14/h3-12,23H,1-2H3,(H,24,25). The molecule has 3 aromatic carbocycles. The Kier molecular flexibility index (Phi) is 5.56. The maximum absolute atomic E-state index is 14.3. The van der Waals surface area contributed by atoms with E-state index in [9.17, 15) is 22.7 Å². The minimum absolute atomic E-state index is 0.0119. The van der Waals surface area contributed by atoms with E-state index in [1.54, 1.807) is 0 Å². The Labute approximate surface area is 167 Å². The Morgan fingerprint density at radius 3 is 2.34 bits per heavy atom. The van der Waals surface area contributed by atoms with Gasteiger partial charge in [0.15, 0.2) is 0 Å². The number of ether oxygens (including phenoxy) is 1. The summed E-state index contributed by atoms with van der Waals surface area (Å²) in [6, 6.07) is 15.5. The summed E-state index contributed by atoms with van der Waals surface area (Å²) in [6.07, 6.45) is 0. The molecule has 3 aromatic rings. The van der Waals surface area contributed by atoms with Crippen LogP contribution in [-0.4, -0.2) is 26.6 Å². The van der Waals surface area contributed by atoms with E-state index in [0.717, 1.165) is 17.7 Å². The highest BCUT2D eigenvalue weighted by molar-refractivity contribution is 7.92. The normalized spacial score (nSPS) is 11.1. The molecule has 3 rings (SSSR count). The number of benzene rings is 3. The Balaban J connectivity index is 2.08. The molecule has 0 aliphatic rings. The van der Waals surface area contributed by atoms with Gasteiger partial charge in [0, 0.05) is 0 Å². The quantitative estimate of drug-likeness (QED) is 0.626. The lowest BCUT2D eigenvalue weighted by Crippen LogP contribution is -2.16. The third-order valence-corrected chi connectivity index (χ3v) is 5.67. The van der Waals surface area contributed by atoms with E-state index < -0.39 is 21.8 Å². The summed E-state index contributed by atoms with van der Waals surface area (Å²) in [5.74, 6) is -2.06. The van der Waals surface area contributed by atoms with Gasteiger partial charge in [-0.1, -0.05) is 36.4 Å². The Hall–Kier alpha value is -3.39. The van der Waals surface area contributed by atoms with Crippen LogP contribution in [0.15, 0.2) is 65.6 Å². The van der Waals surface area contributed by atoms with Crippen molar-refractivity contribution in [2.45, 2.75) is 11.8 Å². The van der Waals surface area contributed by atoms with Gasteiger partial charge >= 0.3 is 5.97 Å². The lowest BCUT2D eigenvalue weighted by molar-refractivity contribution is 0.0696. The third-order valence-electron chi connectivity index (χ3n) is 4.30. The van der Waals surface area contributed by atoms with E-state index in [1.165, 1.54) is 32.2 Å². The Bertz CT molecular complexity index is 1180. The van der Waals surface area contributed by atoms with Crippen molar-refractivity contribution in [2.24, 2.45) is 0 Å². The van der Waals surface area contributed by atoms with Gasteiger partial charge in [-0.25, -0.2) is 17.6 Å². The predicted octanol–water partition coefficient (Wildman–Crippen LogP) is 4.31. The Morgan fingerprint density at radius 2 is 1.72 bits per heavy atom. The van der Waals surface area contributed by atoms with Gasteiger partial charge in [-0.3, -0.25) is 4.72 Å². The summed E-state index contributed by atoms with van der Waals surface area (Å²) in [4.78, 5) is 10.9. The number of nitrogens with one attached hydrogen (secondary N) is 1. The van der Waals surface area contributed by atoms with Crippen molar-refractivity contribution >= 4 is 21.7 Å². The molecule has 2 N–H and O–H groups in total. The van der Waals surface area contributed by atoms with Gasteiger partial charge in [0.05, 0.1) is 18.4 Å². The van der Waals surface area contributed by atoms with E-state index in [0.29, 0.717) is 11.1 Å². The van der Waals surface area contributed by atoms with Gasteiger partial charge in [0.25, 0.3) is 10.0 Å². The summed E-state index contributed by atoms with van der Waals surface area (Å²) in [5.41, 5.74) is 1.25. The first-order valence-corrected chi connectivity index (χ1v) is 10.0. The third kappa shape index (κ3) is 4.22. The maximum Gasteiger partial charge on any atom is 0.335 e. The molecule has 8 heteroatoms. The highest BCUT2D eigenvalue weighted by atomic mass is 32.2. The van der Waals surface area contributed by atoms with Gasteiger partial charge in [0.1, 0.15) is 16.5 Å². The zero-order chi connectivity index (χ0) is 21.2. The number of sulfonamides is 1. The van der Waals surface area contributed by atoms with Crippen molar-refractivity contribution in [1.29, 1.82) is 0 Å². The topological polar surface area (TPSA) is 92.7 Å². The van der Waals surface area contributed by atoms with Crippen molar-refractivity contribution < 1.29 is 27.4 Å². The smallest absolute Gasteiger partial charge is 0.335 e. The summed E-state index contributed by atoms with van der Waals surface area (Å²) in [6.45, 7) is 1.53. The fraction of sp³-hybridized carbons (Fsp3) is 0.0952. The number of hydrogen-bond acceptors (Lipinski definition) is 4. The number of aromatic carboxylic acids is 1. The number of rotatable bonds is 6. The molecule has 0 unspecified atom stereocenters. The first-order chi connectivity index (χ1) is 13.7. The van der Waals surface area contributed by atoms with Crippen LogP contribution in [0.3, 0.4) is 0 Å². The minimum Gasteiger partial charge on any atom is -0.495 e. The summed E-state index contributed by atoms with van der Waals surface area (Å²) in [7, 11) is -3.06. The van der Waals surface area contributed by atoms with Crippen LogP contribution in [0.25, 0.3) is 11.1 Å². The number of methoxy groups -OCH3 is 1. The summed E-state index contributed by atoms with van der Waals surface area (Å²) < 4.78 is 47.6. The molecule has 0 saturated heterocycles. The van der Waals surface area contributed by atoms with Gasteiger partial charge in [0.2, 0.25) is 0 Å². The van der Waals surface area contributed by atoms with E-state index in [4.69, 9.17) is 4.74 Å². The summed E-state index contributed by atoms with van der Waals surface area (Å²) in [5, 5.41) is 9.24. The highest BCUT2D eigenvalue weighted by Gasteiger charge is 2.25. The zero-order valence-electron chi connectivity index (χ0n) is 15.6. The van der Waals surface area contributed by atoms with Gasteiger partial charge in [-0.2, -0.15) is 0 Å². The second kappa shape index (κ2) is 7.92. The van der Waals surface area contributed by atoms with Crippen molar-refractivity contribution in [3.8, 4) is 16.9 Å².